The molecule has 1 rings (SSSR count). The number of hydrogen-bond donors (Lipinski definition) is 0. The third-order valence-electron chi connectivity index (χ3n) is 4.52. The second-order valence-corrected chi connectivity index (χ2v) is 6.60. The van der Waals surface area contributed by atoms with Crippen molar-refractivity contribution in [2.24, 2.45) is 0 Å². The standard InChI is InChI=1S/C21H37N/c1-4-6-8-10-14-18-22(19-15-11-9-7-5-2)21-17-13-12-16-20(21)3/h12-13,16-17H,4-11,14-15,18-19H2,1-3H3. The van der Waals surface area contributed by atoms with Gasteiger partial charge in [-0.2, -0.15) is 0 Å². The van der Waals surface area contributed by atoms with Crippen LogP contribution >= 0.6 is 0 Å². The van der Waals surface area contributed by atoms with Crippen LogP contribution in [0.3, 0.4) is 0 Å². The molecule has 0 aliphatic carbocycles. The van der Waals surface area contributed by atoms with Crippen molar-refractivity contribution in [1.29, 1.82) is 0 Å². The minimum Gasteiger partial charge on any atom is -0.371 e. The highest BCUT2D eigenvalue weighted by molar-refractivity contribution is 5.52. The van der Waals surface area contributed by atoms with Gasteiger partial charge in [0.15, 0.2) is 0 Å². The molecule has 0 spiro atoms. The number of rotatable bonds is 13. The maximum Gasteiger partial charge on any atom is 0.0395 e. The zero-order valence-corrected chi connectivity index (χ0v) is 15.2. The van der Waals surface area contributed by atoms with Crippen LogP contribution < -0.4 is 4.90 Å². The zero-order chi connectivity index (χ0) is 16.0. The fourth-order valence-electron chi connectivity index (χ4n) is 3.08. The first kappa shape index (κ1) is 19.1. The Kier molecular flexibility index (Phi) is 10.9. The first-order valence-corrected chi connectivity index (χ1v) is 9.60. The van der Waals surface area contributed by atoms with E-state index < -0.39 is 0 Å². The SMILES string of the molecule is CCCCCCCN(CCCCCCC)c1ccccc1C. The summed E-state index contributed by atoms with van der Waals surface area (Å²) in [4.78, 5) is 2.63. The van der Waals surface area contributed by atoms with E-state index in [-0.39, 0.29) is 0 Å². The minimum absolute atomic E-state index is 1.22. The Morgan fingerprint density at radius 1 is 0.682 bits per heavy atom. The van der Waals surface area contributed by atoms with E-state index in [4.69, 9.17) is 0 Å². The van der Waals surface area contributed by atoms with E-state index in [2.05, 4.69) is 49.9 Å². The van der Waals surface area contributed by atoms with Gasteiger partial charge in [-0.3, -0.25) is 0 Å². The number of hydrogen-bond acceptors (Lipinski definition) is 1. The number of anilines is 1. The predicted octanol–water partition coefficient (Wildman–Crippen LogP) is 6.74. The normalized spacial score (nSPS) is 10.9. The van der Waals surface area contributed by atoms with Gasteiger partial charge in [-0.15, -0.1) is 0 Å². The van der Waals surface area contributed by atoms with E-state index in [0.717, 1.165) is 0 Å². The van der Waals surface area contributed by atoms with Crippen LogP contribution in [0, 0.1) is 6.92 Å². The first-order valence-electron chi connectivity index (χ1n) is 9.60. The maximum atomic E-state index is 2.63. The molecule has 0 radical (unpaired) electrons. The molecule has 1 aromatic carbocycles. The van der Waals surface area contributed by atoms with Gasteiger partial charge in [0.1, 0.15) is 0 Å². The third kappa shape index (κ3) is 7.87. The molecule has 0 bridgehead atoms. The van der Waals surface area contributed by atoms with Crippen molar-refractivity contribution in [2.75, 3.05) is 18.0 Å². The molecule has 0 aliphatic heterocycles. The van der Waals surface area contributed by atoms with Crippen molar-refractivity contribution in [3.63, 3.8) is 0 Å². The molecule has 22 heavy (non-hydrogen) atoms. The lowest BCUT2D eigenvalue weighted by Gasteiger charge is -2.26. The average Bonchev–Trinajstić information content (AvgIpc) is 2.53. The number of aryl methyl sites for hydroxylation is 1. The fraction of sp³-hybridized carbons (Fsp3) is 0.714. The summed E-state index contributed by atoms with van der Waals surface area (Å²) in [5.74, 6) is 0. The van der Waals surface area contributed by atoms with Gasteiger partial charge < -0.3 is 4.90 Å². The lowest BCUT2D eigenvalue weighted by atomic mass is 10.1. The highest BCUT2D eigenvalue weighted by atomic mass is 15.1. The summed E-state index contributed by atoms with van der Waals surface area (Å²) in [5, 5.41) is 0. The Balaban J connectivity index is 2.44. The minimum atomic E-state index is 1.22. The summed E-state index contributed by atoms with van der Waals surface area (Å²) in [5.41, 5.74) is 2.87. The van der Waals surface area contributed by atoms with Crippen LogP contribution in [-0.2, 0) is 0 Å². The van der Waals surface area contributed by atoms with Crippen LogP contribution in [0.2, 0.25) is 0 Å². The van der Waals surface area contributed by atoms with Gasteiger partial charge in [-0.05, 0) is 31.4 Å². The Bertz CT molecular complexity index is 358. The van der Waals surface area contributed by atoms with Crippen LogP contribution in [0.25, 0.3) is 0 Å². The lowest BCUT2D eigenvalue weighted by molar-refractivity contribution is 0.589. The summed E-state index contributed by atoms with van der Waals surface area (Å²) < 4.78 is 0. The van der Waals surface area contributed by atoms with E-state index in [1.54, 1.807) is 0 Å². The van der Waals surface area contributed by atoms with Crippen molar-refractivity contribution >= 4 is 5.69 Å². The highest BCUT2D eigenvalue weighted by Crippen LogP contribution is 2.21. The summed E-state index contributed by atoms with van der Waals surface area (Å²) in [6.45, 7) is 9.27. The van der Waals surface area contributed by atoms with E-state index >= 15 is 0 Å². The van der Waals surface area contributed by atoms with E-state index in [9.17, 15) is 0 Å². The van der Waals surface area contributed by atoms with Gasteiger partial charge in [-0.1, -0.05) is 83.4 Å². The topological polar surface area (TPSA) is 3.24 Å². The van der Waals surface area contributed by atoms with Crippen LogP contribution in [0.5, 0.6) is 0 Å². The first-order chi connectivity index (χ1) is 10.8. The van der Waals surface area contributed by atoms with Crippen LogP contribution in [0.1, 0.15) is 83.6 Å². The van der Waals surface area contributed by atoms with Crippen molar-refractivity contribution in [3.8, 4) is 0 Å². The van der Waals surface area contributed by atoms with Crippen LogP contribution in [0.15, 0.2) is 24.3 Å². The molecule has 0 fully saturated rings. The summed E-state index contributed by atoms with van der Waals surface area (Å²) in [6, 6.07) is 8.88. The zero-order valence-electron chi connectivity index (χ0n) is 15.2. The van der Waals surface area contributed by atoms with Crippen molar-refractivity contribution in [1.82, 2.24) is 0 Å². The van der Waals surface area contributed by atoms with E-state index in [1.165, 1.54) is 88.5 Å². The maximum absolute atomic E-state index is 2.63. The lowest BCUT2D eigenvalue weighted by Crippen LogP contribution is -2.26. The molecule has 126 valence electrons. The van der Waals surface area contributed by atoms with E-state index in [1.807, 2.05) is 0 Å². The summed E-state index contributed by atoms with van der Waals surface area (Å²) in [6.07, 6.45) is 13.7. The molecule has 0 aliphatic rings. The molecule has 0 heterocycles. The number of unbranched alkanes of at least 4 members (excludes halogenated alkanes) is 8. The molecule has 0 saturated carbocycles. The molecule has 0 saturated heterocycles. The van der Waals surface area contributed by atoms with Gasteiger partial charge in [-0.25, -0.2) is 0 Å². The largest absolute Gasteiger partial charge is 0.371 e. The van der Waals surface area contributed by atoms with Crippen LogP contribution in [0.4, 0.5) is 5.69 Å². The van der Waals surface area contributed by atoms with Crippen molar-refractivity contribution in [2.45, 2.75) is 85.0 Å². The van der Waals surface area contributed by atoms with Gasteiger partial charge in [0.05, 0.1) is 0 Å². The van der Waals surface area contributed by atoms with E-state index in [0.29, 0.717) is 0 Å². The molecule has 1 aromatic rings. The monoisotopic (exact) mass is 303 g/mol. The van der Waals surface area contributed by atoms with Gasteiger partial charge in [0.25, 0.3) is 0 Å². The molecule has 0 aromatic heterocycles. The third-order valence-corrected chi connectivity index (χ3v) is 4.52. The van der Waals surface area contributed by atoms with Crippen LogP contribution in [-0.4, -0.2) is 13.1 Å². The predicted molar refractivity (Wildman–Crippen MR) is 101 cm³/mol. The van der Waals surface area contributed by atoms with Gasteiger partial charge in [0.2, 0.25) is 0 Å². The average molecular weight is 304 g/mol. The summed E-state index contributed by atoms with van der Waals surface area (Å²) in [7, 11) is 0. The Morgan fingerprint density at radius 3 is 1.68 bits per heavy atom. The fourth-order valence-corrected chi connectivity index (χ4v) is 3.08. The molecule has 0 amide bonds. The molecule has 1 heteroatoms. The quantitative estimate of drug-likeness (QED) is 0.365. The second-order valence-electron chi connectivity index (χ2n) is 6.60. The Hall–Kier alpha value is -0.980. The Labute approximate surface area is 139 Å². The van der Waals surface area contributed by atoms with Gasteiger partial charge in [0, 0.05) is 18.8 Å². The smallest absolute Gasteiger partial charge is 0.0395 e. The molecule has 0 atom stereocenters. The number of para-hydroxylation sites is 1. The molecular formula is C21H37N. The molecule has 1 nitrogen and oxygen atoms in total. The van der Waals surface area contributed by atoms with Gasteiger partial charge >= 0.3 is 0 Å². The molecular weight excluding hydrogens is 266 g/mol. The summed E-state index contributed by atoms with van der Waals surface area (Å²) >= 11 is 0. The van der Waals surface area contributed by atoms with Crippen molar-refractivity contribution in [3.05, 3.63) is 29.8 Å². The van der Waals surface area contributed by atoms with Crippen molar-refractivity contribution < 1.29 is 0 Å². The Morgan fingerprint density at radius 2 is 1.18 bits per heavy atom. The number of benzene rings is 1. The second kappa shape index (κ2) is 12.6. The highest BCUT2D eigenvalue weighted by Gasteiger charge is 2.08. The molecule has 0 unspecified atom stereocenters. The molecule has 0 N–H and O–H groups in total. The number of nitrogens with zero attached hydrogens (tertiary/aromatic N) is 1.